The van der Waals surface area contributed by atoms with Crippen LogP contribution in [-0.2, 0) is 9.59 Å². The van der Waals surface area contributed by atoms with Gasteiger partial charge >= 0.3 is 6.18 Å². The number of thiophene rings is 1. The summed E-state index contributed by atoms with van der Waals surface area (Å²) in [5.41, 5.74) is 2.12. The minimum Gasteiger partial charge on any atom is -0.352 e. The summed E-state index contributed by atoms with van der Waals surface area (Å²) < 4.78 is 37.4. The van der Waals surface area contributed by atoms with Gasteiger partial charge in [0.1, 0.15) is 4.83 Å². The largest absolute Gasteiger partial charge is 0.401 e. The number of piperidine rings is 1. The Hall–Kier alpha value is -3.77. The van der Waals surface area contributed by atoms with Crippen molar-refractivity contribution in [1.82, 2.24) is 25.6 Å². The van der Waals surface area contributed by atoms with Crippen molar-refractivity contribution >= 4 is 61.4 Å². The lowest BCUT2D eigenvalue weighted by Crippen LogP contribution is -2.40. The Labute approximate surface area is 218 Å². The molecule has 3 aromatic heterocycles. The summed E-state index contributed by atoms with van der Waals surface area (Å²) in [6, 6.07) is 9.24. The maximum Gasteiger partial charge on any atom is 0.401 e. The number of aromatic amines is 1. The average Bonchev–Trinajstić information content (AvgIpc) is 3.58. The van der Waals surface area contributed by atoms with Crippen molar-refractivity contribution in [3.8, 4) is 0 Å². The van der Waals surface area contributed by atoms with Crippen molar-refractivity contribution in [2.45, 2.75) is 19.0 Å². The van der Waals surface area contributed by atoms with Crippen LogP contribution in [0, 0.1) is 5.92 Å². The van der Waals surface area contributed by atoms with Gasteiger partial charge in [-0.05, 0) is 42.8 Å². The van der Waals surface area contributed by atoms with Gasteiger partial charge in [-0.3, -0.25) is 14.9 Å². The molecule has 38 heavy (non-hydrogen) atoms. The molecule has 5 heterocycles. The fourth-order valence-electron chi connectivity index (χ4n) is 5.14. The number of H-pyrrole nitrogens is 1. The van der Waals surface area contributed by atoms with E-state index >= 15 is 0 Å². The molecule has 2 aliphatic rings. The van der Waals surface area contributed by atoms with E-state index in [-0.39, 0.29) is 17.1 Å². The second-order valence-electron chi connectivity index (χ2n) is 9.46. The summed E-state index contributed by atoms with van der Waals surface area (Å²) in [5.74, 6) is -0.454. The SMILES string of the molecule is O=C1NC(=O)C(c2c[nH]c3sccc23)=C1c1nc(N2CCC(CNCC(F)(F)F)CC2)nc2ccccc12. The number of hydrogen-bond acceptors (Lipinski definition) is 7. The number of halogens is 3. The van der Waals surface area contributed by atoms with E-state index in [2.05, 4.69) is 15.6 Å². The summed E-state index contributed by atoms with van der Waals surface area (Å²) in [4.78, 5) is 41.8. The molecular formula is C26H23F3N6O2S. The normalized spacial score (nSPS) is 17.3. The topological polar surface area (TPSA) is 103 Å². The first kappa shape index (κ1) is 24.6. The molecule has 1 saturated heterocycles. The lowest BCUT2D eigenvalue weighted by Gasteiger charge is -2.32. The molecule has 1 fully saturated rings. The van der Waals surface area contributed by atoms with E-state index in [1.54, 1.807) is 6.20 Å². The molecular weight excluding hydrogens is 517 g/mol. The van der Waals surface area contributed by atoms with E-state index in [1.807, 2.05) is 40.6 Å². The number of benzene rings is 1. The molecule has 8 nitrogen and oxygen atoms in total. The Balaban J connectivity index is 1.36. The smallest absolute Gasteiger partial charge is 0.352 e. The van der Waals surface area contributed by atoms with Crippen LogP contribution in [0.2, 0.25) is 0 Å². The number of anilines is 1. The van der Waals surface area contributed by atoms with Crippen LogP contribution in [0.25, 0.3) is 32.3 Å². The third-order valence-corrected chi connectivity index (χ3v) is 7.83. The van der Waals surface area contributed by atoms with Gasteiger partial charge in [0.15, 0.2) is 0 Å². The van der Waals surface area contributed by atoms with E-state index in [1.165, 1.54) is 11.3 Å². The quantitative estimate of drug-likeness (QED) is 0.318. The number of aromatic nitrogens is 3. The molecule has 196 valence electrons. The lowest BCUT2D eigenvalue weighted by atomic mass is 9.96. The fourth-order valence-corrected chi connectivity index (χ4v) is 5.92. The molecule has 1 aromatic carbocycles. The highest BCUT2D eigenvalue weighted by Gasteiger charge is 2.36. The number of imide groups is 1. The molecule has 4 aromatic rings. The minimum atomic E-state index is -4.23. The van der Waals surface area contributed by atoms with Crippen molar-refractivity contribution in [3.63, 3.8) is 0 Å². The summed E-state index contributed by atoms with van der Waals surface area (Å²) >= 11 is 1.51. The zero-order valence-corrected chi connectivity index (χ0v) is 20.9. The van der Waals surface area contributed by atoms with Gasteiger partial charge in [-0.25, -0.2) is 9.97 Å². The van der Waals surface area contributed by atoms with Gasteiger partial charge in [-0.1, -0.05) is 18.2 Å². The second-order valence-corrected chi connectivity index (χ2v) is 10.4. The number of hydrogen-bond donors (Lipinski definition) is 3. The van der Waals surface area contributed by atoms with Gasteiger partial charge in [0.2, 0.25) is 5.95 Å². The molecule has 0 saturated carbocycles. The Morgan fingerprint density at radius 2 is 1.79 bits per heavy atom. The van der Waals surface area contributed by atoms with Crippen molar-refractivity contribution in [1.29, 1.82) is 0 Å². The van der Waals surface area contributed by atoms with Gasteiger partial charge in [0.05, 0.1) is 28.9 Å². The molecule has 0 atom stereocenters. The monoisotopic (exact) mass is 540 g/mol. The van der Waals surface area contributed by atoms with Crippen LogP contribution in [-0.4, -0.2) is 59.1 Å². The molecule has 0 bridgehead atoms. The van der Waals surface area contributed by atoms with Gasteiger partial charge in [-0.2, -0.15) is 13.2 Å². The molecule has 0 radical (unpaired) electrons. The molecule has 3 N–H and O–H groups in total. The van der Waals surface area contributed by atoms with Crippen molar-refractivity contribution in [3.05, 3.63) is 53.2 Å². The van der Waals surface area contributed by atoms with E-state index in [9.17, 15) is 22.8 Å². The Kier molecular flexibility index (Phi) is 6.15. The molecule has 12 heteroatoms. The van der Waals surface area contributed by atoms with Crippen LogP contribution in [0.4, 0.5) is 19.1 Å². The molecule has 0 spiro atoms. The first-order valence-electron chi connectivity index (χ1n) is 12.2. The van der Waals surface area contributed by atoms with Gasteiger partial charge in [0, 0.05) is 35.6 Å². The summed E-state index contributed by atoms with van der Waals surface area (Å²) in [5, 5.41) is 8.36. The second kappa shape index (κ2) is 9.52. The molecule has 0 unspecified atom stereocenters. The molecule has 0 aliphatic carbocycles. The van der Waals surface area contributed by atoms with E-state index in [0.29, 0.717) is 60.6 Å². The summed E-state index contributed by atoms with van der Waals surface area (Å²) in [6.45, 7) is 0.436. The third-order valence-electron chi connectivity index (χ3n) is 6.99. The fraction of sp³-hybridized carbons (Fsp3) is 0.308. The van der Waals surface area contributed by atoms with Gasteiger partial charge < -0.3 is 15.2 Å². The number of para-hydroxylation sites is 1. The summed E-state index contributed by atoms with van der Waals surface area (Å²) in [6.07, 6.45) is -1.13. The van der Waals surface area contributed by atoms with Crippen LogP contribution in [0.3, 0.4) is 0 Å². The zero-order valence-electron chi connectivity index (χ0n) is 20.1. The van der Waals surface area contributed by atoms with Crippen molar-refractivity contribution in [2.24, 2.45) is 5.92 Å². The van der Waals surface area contributed by atoms with Gasteiger partial charge in [-0.15, -0.1) is 11.3 Å². The number of fused-ring (bicyclic) bond motifs is 2. The highest BCUT2D eigenvalue weighted by Crippen LogP contribution is 2.38. The number of nitrogens with zero attached hydrogens (tertiary/aromatic N) is 3. The predicted octanol–water partition coefficient (Wildman–Crippen LogP) is 4.11. The Morgan fingerprint density at radius 3 is 2.58 bits per heavy atom. The Morgan fingerprint density at radius 1 is 1.03 bits per heavy atom. The minimum absolute atomic E-state index is 0.114. The van der Waals surface area contributed by atoms with Crippen molar-refractivity contribution < 1.29 is 22.8 Å². The van der Waals surface area contributed by atoms with E-state index in [4.69, 9.17) is 9.97 Å². The third kappa shape index (κ3) is 4.54. The first-order valence-corrected chi connectivity index (χ1v) is 13.1. The van der Waals surface area contributed by atoms with Crippen LogP contribution in [0.15, 0.2) is 41.9 Å². The van der Waals surface area contributed by atoms with Crippen LogP contribution < -0.4 is 15.5 Å². The Bertz CT molecular complexity index is 1580. The van der Waals surface area contributed by atoms with Crippen LogP contribution in [0.1, 0.15) is 24.1 Å². The van der Waals surface area contributed by atoms with Crippen LogP contribution in [0.5, 0.6) is 0 Å². The highest BCUT2D eigenvalue weighted by molar-refractivity contribution is 7.16. The molecule has 2 amide bonds. The van der Waals surface area contributed by atoms with Crippen LogP contribution >= 0.6 is 11.3 Å². The molecule has 6 rings (SSSR count). The number of rotatable bonds is 6. The van der Waals surface area contributed by atoms with Gasteiger partial charge in [0.25, 0.3) is 11.8 Å². The molecule has 2 aliphatic heterocycles. The average molecular weight is 541 g/mol. The number of amides is 2. The first-order chi connectivity index (χ1) is 18.3. The predicted molar refractivity (Wildman–Crippen MR) is 140 cm³/mol. The highest BCUT2D eigenvalue weighted by atomic mass is 32.1. The zero-order chi connectivity index (χ0) is 26.4. The van der Waals surface area contributed by atoms with Crippen molar-refractivity contribution in [2.75, 3.05) is 31.1 Å². The summed E-state index contributed by atoms with van der Waals surface area (Å²) in [7, 11) is 0. The number of alkyl halides is 3. The van der Waals surface area contributed by atoms with E-state index < -0.39 is 24.5 Å². The standard InChI is InChI=1S/C26H23F3N6O2S/c27-26(28,29)13-30-11-14-5-8-35(9-6-14)25-32-18-4-2-1-3-16(18)21(33-25)20-19(22(36)34-23(20)37)17-12-31-24-15(17)7-10-38-24/h1-4,7,10,12,14,30-31H,5-6,8-9,11,13H2,(H,34,36,37). The number of carbonyl (C=O) groups is 2. The lowest BCUT2D eigenvalue weighted by molar-refractivity contribution is -0.125. The maximum atomic E-state index is 13.2. The number of carbonyl (C=O) groups excluding carboxylic acids is 2. The van der Waals surface area contributed by atoms with E-state index in [0.717, 1.165) is 10.2 Å². The number of nitrogens with one attached hydrogen (secondary N) is 3. The maximum absolute atomic E-state index is 13.2.